The van der Waals surface area contributed by atoms with Crippen LogP contribution in [-0.2, 0) is 18.9 Å². The van der Waals surface area contributed by atoms with Crippen LogP contribution in [0.5, 0.6) is 0 Å². The predicted molar refractivity (Wildman–Crippen MR) is 41.0 cm³/mol. The zero-order valence-corrected chi connectivity index (χ0v) is 7.62. The highest BCUT2D eigenvalue weighted by Gasteiger charge is 2.63. The van der Waals surface area contributed by atoms with Gasteiger partial charge in [-0.3, -0.25) is 4.74 Å². The molecule has 0 radical (unpaired) electrons. The van der Waals surface area contributed by atoms with Crippen LogP contribution in [-0.4, -0.2) is 53.5 Å². The van der Waals surface area contributed by atoms with Crippen molar-refractivity contribution in [2.45, 2.75) is 43.6 Å². The molecule has 0 aromatic carbocycles. The molecular weight excluding hydrogens is 192 g/mol. The van der Waals surface area contributed by atoms with Gasteiger partial charge < -0.3 is 24.4 Å². The summed E-state index contributed by atoms with van der Waals surface area (Å²) in [6.07, 6.45) is -3.09. The van der Waals surface area contributed by atoms with E-state index in [4.69, 9.17) is 24.1 Å². The number of aliphatic hydroxyl groups is 2. The first-order chi connectivity index (χ1) is 6.63. The maximum absolute atomic E-state index is 9.78. The number of hydrogen-bond acceptors (Lipinski definition) is 6. The fourth-order valence-electron chi connectivity index (χ4n) is 2.20. The van der Waals surface area contributed by atoms with E-state index < -0.39 is 36.7 Å². The number of rotatable bonds is 1. The number of aliphatic hydroxyl groups excluding tert-OH is 2. The van der Waals surface area contributed by atoms with Crippen molar-refractivity contribution in [3.63, 3.8) is 0 Å². The van der Waals surface area contributed by atoms with Crippen LogP contribution in [0.3, 0.4) is 0 Å². The monoisotopic (exact) mass is 204 g/mol. The highest BCUT2D eigenvalue weighted by molar-refractivity contribution is 4.98. The largest absolute Gasteiger partial charge is 0.394 e. The zero-order chi connectivity index (χ0) is 9.92. The Labute approximate surface area is 80.3 Å². The molecule has 80 valence electrons. The molecule has 3 rings (SSSR count). The lowest BCUT2D eigenvalue weighted by atomic mass is 9.98. The standard InChI is InChI=1S/C8H12O6/c1-8-12-5-3(2-9)11-7(14-8)6(13-8)4(5)10/h3-7,9-10H,2H2,1H3/t3?,4?,5-,6?,7-,8?/m1/s1. The van der Waals surface area contributed by atoms with Crippen molar-refractivity contribution >= 4 is 0 Å². The van der Waals surface area contributed by atoms with Crippen molar-refractivity contribution < 1.29 is 29.2 Å². The first kappa shape index (κ1) is 9.02. The van der Waals surface area contributed by atoms with Gasteiger partial charge in [-0.15, -0.1) is 0 Å². The van der Waals surface area contributed by atoms with E-state index in [9.17, 15) is 5.11 Å². The molecule has 6 heteroatoms. The lowest BCUT2D eigenvalue weighted by molar-refractivity contribution is -0.382. The Hall–Kier alpha value is -0.240. The van der Waals surface area contributed by atoms with Crippen molar-refractivity contribution in [2.24, 2.45) is 0 Å². The third-order valence-electron chi connectivity index (χ3n) is 2.83. The van der Waals surface area contributed by atoms with Crippen molar-refractivity contribution in [1.29, 1.82) is 0 Å². The second-order valence-corrected chi connectivity index (χ2v) is 3.86. The van der Waals surface area contributed by atoms with Crippen molar-refractivity contribution in [3.8, 4) is 0 Å². The second-order valence-electron chi connectivity index (χ2n) is 3.86. The SMILES string of the molecule is CC12OC3C(O)[C@H](O1)C(CO)O[C@@H]3O2. The summed E-state index contributed by atoms with van der Waals surface area (Å²) < 4.78 is 21.4. The van der Waals surface area contributed by atoms with Crippen molar-refractivity contribution in [1.82, 2.24) is 0 Å². The molecule has 0 aliphatic carbocycles. The lowest BCUT2D eigenvalue weighted by Crippen LogP contribution is -2.61. The van der Waals surface area contributed by atoms with Crippen LogP contribution in [0.2, 0.25) is 0 Å². The van der Waals surface area contributed by atoms with E-state index in [0.29, 0.717) is 0 Å². The molecule has 0 spiro atoms. The van der Waals surface area contributed by atoms with E-state index in [-0.39, 0.29) is 6.61 Å². The topological polar surface area (TPSA) is 77.4 Å². The molecule has 3 bridgehead atoms. The summed E-state index contributed by atoms with van der Waals surface area (Å²) in [5.74, 6) is -1.14. The summed E-state index contributed by atoms with van der Waals surface area (Å²) in [5, 5.41) is 18.8. The molecule has 0 amide bonds. The molecule has 3 fully saturated rings. The Kier molecular flexibility index (Phi) is 1.71. The average molecular weight is 204 g/mol. The number of hydrogen-bond donors (Lipinski definition) is 2. The van der Waals surface area contributed by atoms with E-state index in [1.54, 1.807) is 6.92 Å². The zero-order valence-electron chi connectivity index (χ0n) is 7.62. The third kappa shape index (κ3) is 1.01. The Morgan fingerprint density at radius 3 is 2.64 bits per heavy atom. The van der Waals surface area contributed by atoms with E-state index in [1.807, 2.05) is 0 Å². The molecule has 3 aliphatic rings. The van der Waals surface area contributed by atoms with Crippen LogP contribution >= 0.6 is 0 Å². The first-order valence-corrected chi connectivity index (χ1v) is 4.61. The summed E-state index contributed by atoms with van der Waals surface area (Å²) >= 11 is 0. The Morgan fingerprint density at radius 1 is 1.21 bits per heavy atom. The summed E-state index contributed by atoms with van der Waals surface area (Å²) in [5.41, 5.74) is 0. The van der Waals surface area contributed by atoms with Crippen LogP contribution < -0.4 is 0 Å². The second kappa shape index (κ2) is 2.66. The van der Waals surface area contributed by atoms with Crippen LogP contribution in [0.25, 0.3) is 0 Å². The Balaban J connectivity index is 1.94. The summed E-state index contributed by atoms with van der Waals surface area (Å²) in [7, 11) is 0. The summed E-state index contributed by atoms with van der Waals surface area (Å²) in [4.78, 5) is 0. The molecule has 14 heavy (non-hydrogen) atoms. The maximum Gasteiger partial charge on any atom is 0.283 e. The Morgan fingerprint density at radius 2 is 1.93 bits per heavy atom. The third-order valence-corrected chi connectivity index (χ3v) is 2.83. The maximum atomic E-state index is 9.78. The number of ether oxygens (including phenoxy) is 4. The van der Waals surface area contributed by atoms with Gasteiger partial charge in [0.25, 0.3) is 5.97 Å². The first-order valence-electron chi connectivity index (χ1n) is 4.61. The lowest BCUT2D eigenvalue weighted by Gasteiger charge is -2.42. The fourth-order valence-corrected chi connectivity index (χ4v) is 2.20. The van der Waals surface area contributed by atoms with Gasteiger partial charge in [-0.25, -0.2) is 0 Å². The molecule has 3 aliphatic heterocycles. The van der Waals surface area contributed by atoms with Crippen molar-refractivity contribution in [2.75, 3.05) is 6.61 Å². The molecule has 0 aromatic rings. The minimum atomic E-state index is -1.14. The molecule has 3 heterocycles. The number of fused-ring (bicyclic) bond motifs is 2. The molecule has 0 saturated carbocycles. The van der Waals surface area contributed by atoms with Gasteiger partial charge in [-0.1, -0.05) is 0 Å². The van der Waals surface area contributed by atoms with Gasteiger partial charge >= 0.3 is 0 Å². The smallest absolute Gasteiger partial charge is 0.283 e. The molecule has 2 N–H and O–H groups in total. The minimum absolute atomic E-state index is 0.204. The van der Waals surface area contributed by atoms with Crippen LogP contribution in [0, 0.1) is 0 Å². The van der Waals surface area contributed by atoms with E-state index in [0.717, 1.165) is 0 Å². The van der Waals surface area contributed by atoms with Crippen LogP contribution in [0.4, 0.5) is 0 Å². The normalized spacial score (nSPS) is 60.6. The van der Waals surface area contributed by atoms with E-state index in [2.05, 4.69) is 0 Å². The molecule has 6 atom stereocenters. The van der Waals surface area contributed by atoms with Gasteiger partial charge in [0.1, 0.15) is 24.4 Å². The molecule has 0 aromatic heterocycles. The minimum Gasteiger partial charge on any atom is -0.394 e. The van der Waals surface area contributed by atoms with Gasteiger partial charge in [0, 0.05) is 6.92 Å². The van der Waals surface area contributed by atoms with Crippen LogP contribution in [0.15, 0.2) is 0 Å². The van der Waals surface area contributed by atoms with E-state index in [1.165, 1.54) is 0 Å². The van der Waals surface area contributed by atoms with Crippen molar-refractivity contribution in [3.05, 3.63) is 0 Å². The van der Waals surface area contributed by atoms with Crippen LogP contribution in [0.1, 0.15) is 6.92 Å². The summed E-state index contributed by atoms with van der Waals surface area (Å²) in [6, 6.07) is 0. The molecular formula is C8H12O6. The van der Waals surface area contributed by atoms with Gasteiger partial charge in [0.15, 0.2) is 6.29 Å². The Bertz CT molecular complexity index is 256. The molecule has 3 saturated heterocycles. The average Bonchev–Trinajstić information content (AvgIpc) is 2.33. The van der Waals surface area contributed by atoms with Gasteiger partial charge in [-0.2, -0.15) is 0 Å². The van der Waals surface area contributed by atoms with Gasteiger partial charge in [-0.05, 0) is 0 Å². The summed E-state index contributed by atoms with van der Waals surface area (Å²) in [6.45, 7) is 1.42. The highest BCUT2D eigenvalue weighted by atomic mass is 17.0. The fraction of sp³-hybridized carbons (Fsp3) is 1.00. The highest BCUT2D eigenvalue weighted by Crippen LogP contribution is 2.44. The quantitative estimate of drug-likeness (QED) is 0.544. The molecule has 4 unspecified atom stereocenters. The molecule has 6 nitrogen and oxygen atoms in total. The van der Waals surface area contributed by atoms with E-state index >= 15 is 0 Å². The van der Waals surface area contributed by atoms with Gasteiger partial charge in [0.2, 0.25) is 0 Å². The predicted octanol–water partition coefficient (Wildman–Crippen LogP) is -1.45. The van der Waals surface area contributed by atoms with Gasteiger partial charge in [0.05, 0.1) is 6.61 Å².